The molecule has 0 saturated carbocycles. The van der Waals surface area contributed by atoms with E-state index in [1.165, 1.54) is 17.0 Å². The minimum Gasteiger partial charge on any atom is -0.507 e. The molecule has 1 aliphatic rings. The Labute approximate surface area is 241 Å². The Morgan fingerprint density at radius 1 is 0.976 bits per heavy atom. The van der Waals surface area contributed by atoms with Crippen LogP contribution >= 0.6 is 0 Å². The van der Waals surface area contributed by atoms with Gasteiger partial charge in [-0.15, -0.1) is 0 Å². The molecule has 7 nitrogen and oxygen atoms in total. The molecule has 7 heteroatoms. The van der Waals surface area contributed by atoms with E-state index in [1.807, 2.05) is 57.2 Å². The predicted molar refractivity (Wildman–Crippen MR) is 158 cm³/mol. The van der Waals surface area contributed by atoms with Crippen LogP contribution in [-0.2, 0) is 21.5 Å². The molecule has 3 aromatic carbocycles. The molecule has 214 valence electrons. The number of carboxylic acid groups (broad SMARTS) is 1. The van der Waals surface area contributed by atoms with Crippen molar-refractivity contribution in [1.82, 2.24) is 4.90 Å². The number of carboxylic acids is 1. The number of carbonyl (C=O) groups excluding carboxylic acids is 2. The number of carbonyl (C=O) groups is 3. The van der Waals surface area contributed by atoms with Gasteiger partial charge in [0.05, 0.1) is 24.3 Å². The van der Waals surface area contributed by atoms with Gasteiger partial charge in [-0.05, 0) is 70.3 Å². The van der Waals surface area contributed by atoms with Crippen molar-refractivity contribution in [3.05, 3.63) is 105 Å². The highest BCUT2D eigenvalue weighted by Crippen LogP contribution is 2.42. The van der Waals surface area contributed by atoms with E-state index in [9.17, 15) is 24.6 Å². The Morgan fingerprint density at radius 2 is 1.59 bits per heavy atom. The molecule has 41 heavy (non-hydrogen) atoms. The number of ether oxygens (including phenoxy) is 1. The number of amides is 1. The van der Waals surface area contributed by atoms with E-state index in [0.29, 0.717) is 28.0 Å². The van der Waals surface area contributed by atoms with Gasteiger partial charge in [0, 0.05) is 12.1 Å². The third-order valence-electron chi connectivity index (χ3n) is 7.64. The maximum atomic E-state index is 13.6. The first-order chi connectivity index (χ1) is 19.2. The molecule has 1 aliphatic heterocycles. The third-order valence-corrected chi connectivity index (χ3v) is 7.64. The van der Waals surface area contributed by atoms with Crippen molar-refractivity contribution in [3.63, 3.8) is 0 Å². The SMILES string of the molecule is COc1cc(C)c(/C(O)=C2\C(=O)C(=O)N(Cc3ccc(C(=O)O)cc3)C2c2ccc(C(C)(C)C)cc2)cc1C(C)C. The number of rotatable bonds is 7. The first-order valence-corrected chi connectivity index (χ1v) is 13.6. The minimum atomic E-state index is -1.05. The van der Waals surface area contributed by atoms with Crippen molar-refractivity contribution in [2.24, 2.45) is 0 Å². The molecule has 0 aromatic heterocycles. The topological polar surface area (TPSA) is 104 Å². The number of methoxy groups -OCH3 is 1. The molecule has 1 fully saturated rings. The molecular formula is C34H37NO6. The second-order valence-electron chi connectivity index (χ2n) is 11.9. The average molecular weight is 556 g/mol. The summed E-state index contributed by atoms with van der Waals surface area (Å²) >= 11 is 0. The van der Waals surface area contributed by atoms with E-state index in [1.54, 1.807) is 19.2 Å². The summed E-state index contributed by atoms with van der Waals surface area (Å²) in [5.74, 6) is -2.00. The van der Waals surface area contributed by atoms with Crippen LogP contribution in [0.5, 0.6) is 5.75 Å². The van der Waals surface area contributed by atoms with Crippen LogP contribution in [0.15, 0.2) is 66.2 Å². The van der Waals surface area contributed by atoms with Crippen LogP contribution in [0, 0.1) is 6.92 Å². The summed E-state index contributed by atoms with van der Waals surface area (Å²) in [7, 11) is 1.59. The predicted octanol–water partition coefficient (Wildman–Crippen LogP) is 6.74. The highest BCUT2D eigenvalue weighted by atomic mass is 16.5. The molecule has 4 rings (SSSR count). The summed E-state index contributed by atoms with van der Waals surface area (Å²) in [5.41, 5.74) is 4.54. The maximum Gasteiger partial charge on any atom is 0.335 e. The molecule has 1 saturated heterocycles. The van der Waals surface area contributed by atoms with Crippen molar-refractivity contribution in [3.8, 4) is 5.75 Å². The van der Waals surface area contributed by atoms with Crippen molar-refractivity contribution < 1.29 is 29.3 Å². The number of Topliss-reactive ketones (excluding diaryl/α,β-unsaturated/α-hetero) is 1. The standard InChI is InChI=1S/C34H37NO6/c1-19(2)25-17-26(20(3)16-27(25)41-7)30(36)28-29(22-12-14-24(15-13-22)34(4,5)6)35(32(38)31(28)37)18-21-8-10-23(11-9-21)33(39)40/h8-17,19,29,36H,18H2,1-7H3,(H,39,40)/b30-28+. The number of aryl methyl sites for hydroxylation is 1. The van der Waals surface area contributed by atoms with Gasteiger partial charge in [-0.3, -0.25) is 9.59 Å². The maximum absolute atomic E-state index is 13.6. The van der Waals surface area contributed by atoms with Crippen LogP contribution in [0.1, 0.15) is 90.3 Å². The van der Waals surface area contributed by atoms with Gasteiger partial charge < -0.3 is 19.8 Å². The summed E-state index contributed by atoms with van der Waals surface area (Å²) in [6, 6.07) is 16.8. The fraction of sp³-hybridized carbons (Fsp3) is 0.324. The Kier molecular flexibility index (Phi) is 8.11. The fourth-order valence-electron chi connectivity index (χ4n) is 5.23. The van der Waals surface area contributed by atoms with E-state index >= 15 is 0 Å². The van der Waals surface area contributed by atoms with E-state index in [2.05, 4.69) is 20.8 Å². The quantitative estimate of drug-likeness (QED) is 0.190. The lowest BCUT2D eigenvalue weighted by atomic mass is 9.85. The molecule has 1 heterocycles. The number of aliphatic hydroxyl groups is 1. The number of benzene rings is 3. The normalized spacial score (nSPS) is 16.9. The van der Waals surface area contributed by atoms with Crippen molar-refractivity contribution in [1.29, 1.82) is 0 Å². The van der Waals surface area contributed by atoms with Crippen LogP contribution in [-0.4, -0.2) is 39.9 Å². The zero-order valence-electron chi connectivity index (χ0n) is 24.6. The van der Waals surface area contributed by atoms with Crippen LogP contribution in [0.2, 0.25) is 0 Å². The Morgan fingerprint density at radius 3 is 2.10 bits per heavy atom. The molecule has 0 bridgehead atoms. The Balaban J connectivity index is 1.90. The van der Waals surface area contributed by atoms with Crippen LogP contribution in [0.4, 0.5) is 0 Å². The lowest BCUT2D eigenvalue weighted by Gasteiger charge is -2.27. The van der Waals surface area contributed by atoms with E-state index in [-0.39, 0.29) is 34.8 Å². The number of likely N-dealkylation sites (tertiary alicyclic amines) is 1. The first-order valence-electron chi connectivity index (χ1n) is 13.6. The summed E-state index contributed by atoms with van der Waals surface area (Å²) in [6.07, 6.45) is 0. The monoisotopic (exact) mass is 555 g/mol. The van der Waals surface area contributed by atoms with Gasteiger partial charge in [-0.2, -0.15) is 0 Å². The van der Waals surface area contributed by atoms with Crippen molar-refractivity contribution >= 4 is 23.4 Å². The Hall–Kier alpha value is -4.39. The molecule has 0 spiro atoms. The third kappa shape index (κ3) is 5.75. The van der Waals surface area contributed by atoms with Crippen molar-refractivity contribution in [2.45, 2.75) is 65.5 Å². The summed E-state index contributed by atoms with van der Waals surface area (Å²) < 4.78 is 5.56. The highest BCUT2D eigenvalue weighted by molar-refractivity contribution is 6.46. The summed E-state index contributed by atoms with van der Waals surface area (Å²) in [5, 5.41) is 21.0. The lowest BCUT2D eigenvalue weighted by Crippen LogP contribution is -2.29. The van der Waals surface area contributed by atoms with Crippen LogP contribution in [0.3, 0.4) is 0 Å². The largest absolute Gasteiger partial charge is 0.507 e. The van der Waals surface area contributed by atoms with Crippen LogP contribution < -0.4 is 4.74 Å². The van der Waals surface area contributed by atoms with Gasteiger partial charge in [-0.1, -0.05) is 71.0 Å². The highest BCUT2D eigenvalue weighted by Gasteiger charge is 2.46. The number of hydrogen-bond acceptors (Lipinski definition) is 5. The molecule has 1 amide bonds. The van der Waals surface area contributed by atoms with Gasteiger partial charge in [0.15, 0.2) is 0 Å². The molecule has 2 N–H and O–H groups in total. The first kappa shape index (κ1) is 29.6. The van der Waals surface area contributed by atoms with Gasteiger partial charge in [0.25, 0.3) is 11.7 Å². The lowest BCUT2D eigenvalue weighted by molar-refractivity contribution is -0.140. The summed E-state index contributed by atoms with van der Waals surface area (Å²) in [4.78, 5) is 39.9. The van der Waals surface area contributed by atoms with E-state index in [4.69, 9.17) is 4.74 Å². The zero-order chi connectivity index (χ0) is 30.2. The zero-order valence-corrected chi connectivity index (χ0v) is 24.6. The number of ketones is 1. The van der Waals surface area contributed by atoms with Gasteiger partial charge >= 0.3 is 5.97 Å². The second-order valence-corrected chi connectivity index (χ2v) is 11.9. The van der Waals surface area contributed by atoms with E-state index in [0.717, 1.165) is 11.1 Å². The summed E-state index contributed by atoms with van der Waals surface area (Å²) in [6.45, 7) is 12.2. The van der Waals surface area contributed by atoms with Gasteiger partial charge in [0.1, 0.15) is 11.5 Å². The number of hydrogen-bond donors (Lipinski definition) is 2. The molecule has 1 unspecified atom stereocenters. The van der Waals surface area contributed by atoms with E-state index < -0.39 is 23.7 Å². The number of nitrogens with zero attached hydrogens (tertiary/aromatic N) is 1. The molecule has 0 aliphatic carbocycles. The smallest absolute Gasteiger partial charge is 0.335 e. The average Bonchev–Trinajstić information content (AvgIpc) is 3.17. The molecular weight excluding hydrogens is 518 g/mol. The number of aliphatic hydroxyl groups excluding tert-OH is 1. The molecule has 3 aromatic rings. The van der Waals surface area contributed by atoms with Crippen molar-refractivity contribution in [2.75, 3.05) is 7.11 Å². The molecule has 1 atom stereocenters. The van der Waals surface area contributed by atoms with Gasteiger partial charge in [-0.25, -0.2) is 4.79 Å². The number of aromatic carboxylic acids is 1. The van der Waals surface area contributed by atoms with Crippen LogP contribution in [0.25, 0.3) is 5.76 Å². The van der Waals surface area contributed by atoms with Gasteiger partial charge in [0.2, 0.25) is 0 Å². The second kappa shape index (κ2) is 11.2. The molecule has 0 radical (unpaired) electrons. The Bertz CT molecular complexity index is 1530. The minimum absolute atomic E-state index is 0.0173. The fourth-order valence-corrected chi connectivity index (χ4v) is 5.23.